The van der Waals surface area contributed by atoms with Crippen LogP contribution in [0, 0.1) is 0 Å². The van der Waals surface area contributed by atoms with Crippen LogP contribution in [0.15, 0.2) is 66.9 Å². The number of aliphatic hydroxyl groups excluding tert-OH is 1. The molecule has 6 heteroatoms. The zero-order valence-electron chi connectivity index (χ0n) is 17.4. The Morgan fingerprint density at radius 2 is 1.81 bits per heavy atom. The molecule has 2 atom stereocenters. The highest BCUT2D eigenvalue weighted by Crippen LogP contribution is 2.37. The van der Waals surface area contributed by atoms with Crippen molar-refractivity contribution in [2.24, 2.45) is 5.73 Å². The maximum atomic E-state index is 13.1. The zero-order valence-corrected chi connectivity index (χ0v) is 17.4. The van der Waals surface area contributed by atoms with Gasteiger partial charge in [-0.1, -0.05) is 49.8 Å². The van der Waals surface area contributed by atoms with Crippen molar-refractivity contribution in [1.82, 2.24) is 5.32 Å². The van der Waals surface area contributed by atoms with Gasteiger partial charge in [0.25, 0.3) is 5.91 Å². The van der Waals surface area contributed by atoms with E-state index >= 15 is 0 Å². The highest BCUT2D eigenvalue weighted by Gasteiger charge is 2.29. The molecule has 2 aromatic carbocycles. The van der Waals surface area contributed by atoms with Crippen molar-refractivity contribution in [3.8, 4) is 0 Å². The lowest BCUT2D eigenvalue weighted by Crippen LogP contribution is -2.46. The monoisotopic (exact) mass is 417 g/mol. The van der Waals surface area contributed by atoms with E-state index in [1.165, 1.54) is 0 Å². The highest BCUT2D eigenvalue weighted by atomic mass is 16.3. The molecule has 0 bridgehead atoms. The van der Waals surface area contributed by atoms with E-state index in [0.717, 1.165) is 36.1 Å². The maximum Gasteiger partial charge on any atom is 0.253 e. The zero-order chi connectivity index (χ0) is 22.0. The van der Waals surface area contributed by atoms with Crippen molar-refractivity contribution in [2.75, 3.05) is 4.90 Å². The van der Waals surface area contributed by atoms with Crippen LogP contribution in [0.5, 0.6) is 0 Å². The number of primary amides is 1. The largest absolute Gasteiger partial charge is 0.391 e. The van der Waals surface area contributed by atoms with Gasteiger partial charge in [0.15, 0.2) is 0 Å². The molecule has 0 saturated heterocycles. The van der Waals surface area contributed by atoms with Crippen LogP contribution in [0.3, 0.4) is 0 Å². The number of fused-ring (bicyclic) bond motifs is 1. The van der Waals surface area contributed by atoms with Crippen LogP contribution in [0.2, 0.25) is 0 Å². The van der Waals surface area contributed by atoms with Crippen molar-refractivity contribution in [3.05, 3.63) is 83.6 Å². The summed E-state index contributed by atoms with van der Waals surface area (Å²) in [5.74, 6) is -0.686. The molecule has 4 rings (SSSR count). The molecule has 1 aliphatic carbocycles. The fourth-order valence-corrected chi connectivity index (χ4v) is 4.25. The summed E-state index contributed by atoms with van der Waals surface area (Å²) >= 11 is 0. The summed E-state index contributed by atoms with van der Waals surface area (Å²) in [6, 6.07) is 14.7. The summed E-state index contributed by atoms with van der Waals surface area (Å²) in [5, 5.41) is 13.3. The second-order valence-corrected chi connectivity index (χ2v) is 8.16. The standard InChI is InChI=1S/C25H27N3O3/c1-16-19-6-2-4-8-22(19)28(14-17-10-12-18(13-11-17)24(26)30)15-20(16)25(31)27-21-7-3-5-9-23(21)29/h2,4,6,8,10-13,15,21,23,29H,1,3,5,7,9,14H2,(H2,26,30)(H,27,31)/t21?,23-/m0/s1. The second kappa shape index (κ2) is 8.78. The van der Waals surface area contributed by atoms with Gasteiger partial charge < -0.3 is 21.1 Å². The summed E-state index contributed by atoms with van der Waals surface area (Å²) in [7, 11) is 0. The van der Waals surface area contributed by atoms with Crippen molar-refractivity contribution < 1.29 is 14.7 Å². The molecule has 0 spiro atoms. The van der Waals surface area contributed by atoms with Gasteiger partial charge in [-0.2, -0.15) is 0 Å². The molecular formula is C25H27N3O3. The molecule has 0 radical (unpaired) electrons. The van der Waals surface area contributed by atoms with Crippen LogP contribution >= 0.6 is 0 Å². The number of amides is 2. The van der Waals surface area contributed by atoms with Crippen molar-refractivity contribution >= 4 is 23.1 Å². The molecule has 31 heavy (non-hydrogen) atoms. The van der Waals surface area contributed by atoms with E-state index in [1.807, 2.05) is 47.5 Å². The number of anilines is 1. The predicted molar refractivity (Wildman–Crippen MR) is 121 cm³/mol. The van der Waals surface area contributed by atoms with Gasteiger partial charge in [0.2, 0.25) is 5.91 Å². The molecule has 160 valence electrons. The third-order valence-corrected chi connectivity index (χ3v) is 6.03. The third-order valence-electron chi connectivity index (χ3n) is 6.03. The molecule has 2 aliphatic rings. The quantitative estimate of drug-likeness (QED) is 0.697. The lowest BCUT2D eigenvalue weighted by atomic mass is 9.90. The van der Waals surface area contributed by atoms with E-state index in [2.05, 4.69) is 11.9 Å². The van der Waals surface area contributed by atoms with Crippen LogP contribution in [0.25, 0.3) is 5.57 Å². The Balaban J connectivity index is 1.61. The van der Waals surface area contributed by atoms with Crippen molar-refractivity contribution in [3.63, 3.8) is 0 Å². The number of carbonyl (C=O) groups excluding carboxylic acids is 2. The van der Waals surface area contributed by atoms with Gasteiger partial charge in [0.1, 0.15) is 0 Å². The number of para-hydroxylation sites is 1. The van der Waals surface area contributed by atoms with E-state index < -0.39 is 12.0 Å². The average Bonchev–Trinajstić information content (AvgIpc) is 2.77. The van der Waals surface area contributed by atoms with E-state index in [-0.39, 0.29) is 11.9 Å². The smallest absolute Gasteiger partial charge is 0.253 e. The molecule has 2 amide bonds. The number of aliphatic hydroxyl groups is 1. The van der Waals surface area contributed by atoms with Gasteiger partial charge in [0.05, 0.1) is 17.7 Å². The number of carbonyl (C=O) groups is 2. The van der Waals surface area contributed by atoms with Crippen LogP contribution in [0.4, 0.5) is 5.69 Å². The molecule has 2 aromatic rings. The number of benzene rings is 2. The first-order valence-electron chi connectivity index (χ1n) is 10.6. The molecule has 6 nitrogen and oxygen atoms in total. The van der Waals surface area contributed by atoms with E-state index in [0.29, 0.717) is 29.7 Å². The van der Waals surface area contributed by atoms with E-state index in [1.54, 1.807) is 12.1 Å². The molecule has 0 aromatic heterocycles. The molecule has 1 aliphatic heterocycles. The lowest BCUT2D eigenvalue weighted by molar-refractivity contribution is -0.119. The van der Waals surface area contributed by atoms with Gasteiger partial charge >= 0.3 is 0 Å². The number of nitrogens with zero attached hydrogens (tertiary/aromatic N) is 1. The van der Waals surface area contributed by atoms with Gasteiger partial charge in [0, 0.05) is 29.6 Å². The van der Waals surface area contributed by atoms with Crippen molar-refractivity contribution in [1.29, 1.82) is 0 Å². The molecule has 1 unspecified atom stereocenters. The van der Waals surface area contributed by atoms with Crippen LogP contribution in [-0.2, 0) is 11.3 Å². The number of hydrogen-bond acceptors (Lipinski definition) is 4. The van der Waals surface area contributed by atoms with E-state index in [9.17, 15) is 14.7 Å². The Morgan fingerprint density at radius 1 is 1.10 bits per heavy atom. The minimum absolute atomic E-state index is 0.223. The Morgan fingerprint density at radius 3 is 2.52 bits per heavy atom. The predicted octanol–water partition coefficient (Wildman–Crippen LogP) is 3.12. The molecule has 1 saturated carbocycles. The SMILES string of the molecule is C=C1C(C(=O)NC2CCCC[C@@H]2O)=CN(Cc2ccc(C(N)=O)cc2)c2ccccc21. The minimum atomic E-state index is -0.512. The average molecular weight is 418 g/mol. The molecule has 1 fully saturated rings. The second-order valence-electron chi connectivity index (χ2n) is 8.16. The molecular weight excluding hydrogens is 390 g/mol. The van der Waals surface area contributed by atoms with Gasteiger partial charge in [-0.05, 0) is 42.2 Å². The van der Waals surface area contributed by atoms with Crippen molar-refractivity contribution in [2.45, 2.75) is 44.4 Å². The Kier molecular flexibility index (Phi) is 5.91. The third kappa shape index (κ3) is 4.39. The van der Waals surface area contributed by atoms with Crippen LogP contribution in [0.1, 0.15) is 47.2 Å². The normalized spacial score (nSPS) is 20.6. The number of hydrogen-bond donors (Lipinski definition) is 3. The summed E-state index contributed by atoms with van der Waals surface area (Å²) in [6.07, 6.45) is 4.77. The van der Waals surface area contributed by atoms with Gasteiger partial charge in [-0.15, -0.1) is 0 Å². The first-order valence-corrected chi connectivity index (χ1v) is 10.6. The Labute approximate surface area is 182 Å². The lowest BCUT2D eigenvalue weighted by Gasteiger charge is -2.32. The Hall–Kier alpha value is -3.38. The van der Waals surface area contributed by atoms with Crippen LogP contribution in [-0.4, -0.2) is 29.1 Å². The van der Waals surface area contributed by atoms with Gasteiger partial charge in [-0.25, -0.2) is 0 Å². The Bertz CT molecular complexity index is 1040. The van der Waals surface area contributed by atoms with E-state index in [4.69, 9.17) is 5.73 Å². The highest BCUT2D eigenvalue weighted by molar-refractivity contribution is 6.11. The number of nitrogens with one attached hydrogen (secondary N) is 1. The fraction of sp³-hybridized carbons (Fsp3) is 0.280. The first kappa shape index (κ1) is 20.9. The first-order chi connectivity index (χ1) is 14.9. The molecule has 4 N–H and O–H groups in total. The molecule has 1 heterocycles. The number of nitrogens with two attached hydrogens (primary N) is 1. The summed E-state index contributed by atoms with van der Waals surface area (Å²) in [5.41, 5.74) is 9.78. The summed E-state index contributed by atoms with van der Waals surface area (Å²) < 4.78 is 0. The summed E-state index contributed by atoms with van der Waals surface area (Å²) in [4.78, 5) is 26.5. The number of rotatable bonds is 5. The minimum Gasteiger partial charge on any atom is -0.391 e. The van der Waals surface area contributed by atoms with Gasteiger partial charge in [-0.3, -0.25) is 9.59 Å². The van der Waals surface area contributed by atoms with Crippen LogP contribution < -0.4 is 16.0 Å². The fourth-order valence-electron chi connectivity index (χ4n) is 4.25. The summed E-state index contributed by atoms with van der Waals surface area (Å²) in [6.45, 7) is 4.69. The topological polar surface area (TPSA) is 95.7 Å². The maximum absolute atomic E-state index is 13.1.